The summed E-state index contributed by atoms with van der Waals surface area (Å²) in [6, 6.07) is 4.26. The predicted octanol–water partition coefficient (Wildman–Crippen LogP) is -0.262. The molecule has 1 heterocycles. The maximum absolute atomic E-state index is 11.6. The SMILES string of the molecule is O=C(O)CNC(=O)CNC(=O)Nc1ccc2c(c1)OCO2. The van der Waals surface area contributed by atoms with Gasteiger partial charge in [0.25, 0.3) is 0 Å². The number of aliphatic carboxylic acids is 1. The Balaban J connectivity index is 1.77. The van der Waals surface area contributed by atoms with Crippen LogP contribution in [0.4, 0.5) is 10.5 Å². The van der Waals surface area contributed by atoms with Gasteiger partial charge < -0.3 is 30.5 Å². The van der Waals surface area contributed by atoms with Crippen LogP contribution in [0.25, 0.3) is 0 Å². The van der Waals surface area contributed by atoms with Crippen LogP contribution in [0.15, 0.2) is 18.2 Å². The van der Waals surface area contributed by atoms with E-state index in [1.165, 1.54) is 0 Å². The Morgan fingerprint density at radius 3 is 2.62 bits per heavy atom. The third-order valence-electron chi connectivity index (χ3n) is 2.48. The molecule has 112 valence electrons. The lowest BCUT2D eigenvalue weighted by atomic mass is 10.3. The van der Waals surface area contributed by atoms with E-state index in [0.29, 0.717) is 17.2 Å². The number of rotatable bonds is 5. The fraction of sp³-hybridized carbons (Fsp3) is 0.250. The highest BCUT2D eigenvalue weighted by molar-refractivity contribution is 5.93. The molecule has 2 rings (SSSR count). The van der Waals surface area contributed by atoms with Crippen LogP contribution < -0.4 is 25.4 Å². The minimum absolute atomic E-state index is 0.134. The summed E-state index contributed by atoms with van der Waals surface area (Å²) in [5, 5.41) is 15.3. The molecular weight excluding hydrogens is 282 g/mol. The second-order valence-electron chi connectivity index (χ2n) is 4.05. The molecule has 0 atom stereocenters. The molecule has 0 bridgehead atoms. The zero-order chi connectivity index (χ0) is 15.2. The highest BCUT2D eigenvalue weighted by atomic mass is 16.7. The average Bonchev–Trinajstić information content (AvgIpc) is 2.90. The molecule has 0 spiro atoms. The molecule has 1 aromatic rings. The van der Waals surface area contributed by atoms with Crippen molar-refractivity contribution in [2.45, 2.75) is 0 Å². The van der Waals surface area contributed by atoms with E-state index in [9.17, 15) is 14.4 Å². The van der Waals surface area contributed by atoms with Crippen LogP contribution in [0.1, 0.15) is 0 Å². The van der Waals surface area contributed by atoms with Gasteiger partial charge in [0, 0.05) is 11.8 Å². The van der Waals surface area contributed by atoms with Crippen molar-refractivity contribution in [2.24, 2.45) is 0 Å². The Morgan fingerprint density at radius 1 is 1.10 bits per heavy atom. The summed E-state index contributed by atoms with van der Waals surface area (Å²) in [6.07, 6.45) is 0. The minimum Gasteiger partial charge on any atom is -0.480 e. The number of urea groups is 1. The lowest BCUT2D eigenvalue weighted by molar-refractivity contribution is -0.137. The van der Waals surface area contributed by atoms with Gasteiger partial charge in [0.05, 0.1) is 6.54 Å². The number of benzene rings is 1. The second kappa shape index (κ2) is 6.46. The Labute approximate surface area is 119 Å². The molecule has 4 N–H and O–H groups in total. The summed E-state index contributed by atoms with van der Waals surface area (Å²) >= 11 is 0. The van der Waals surface area contributed by atoms with Gasteiger partial charge in [-0.25, -0.2) is 4.79 Å². The monoisotopic (exact) mass is 295 g/mol. The number of anilines is 1. The highest BCUT2D eigenvalue weighted by Gasteiger charge is 2.14. The van der Waals surface area contributed by atoms with Gasteiger partial charge in [-0.3, -0.25) is 9.59 Å². The molecule has 9 nitrogen and oxygen atoms in total. The summed E-state index contributed by atoms with van der Waals surface area (Å²) in [7, 11) is 0. The maximum atomic E-state index is 11.6. The zero-order valence-electron chi connectivity index (χ0n) is 10.8. The lowest BCUT2D eigenvalue weighted by Crippen LogP contribution is -2.40. The van der Waals surface area contributed by atoms with Gasteiger partial charge in [-0.2, -0.15) is 0 Å². The molecule has 3 amide bonds. The summed E-state index contributed by atoms with van der Waals surface area (Å²) < 4.78 is 10.3. The minimum atomic E-state index is -1.16. The number of ether oxygens (including phenoxy) is 2. The lowest BCUT2D eigenvalue weighted by Gasteiger charge is -2.08. The van der Waals surface area contributed by atoms with E-state index in [2.05, 4.69) is 16.0 Å². The van der Waals surface area contributed by atoms with Crippen LogP contribution >= 0.6 is 0 Å². The van der Waals surface area contributed by atoms with Gasteiger partial charge in [0.2, 0.25) is 12.7 Å². The van der Waals surface area contributed by atoms with E-state index in [4.69, 9.17) is 14.6 Å². The number of hydrogen-bond donors (Lipinski definition) is 4. The van der Waals surface area contributed by atoms with Crippen LogP contribution in [0.2, 0.25) is 0 Å². The van der Waals surface area contributed by atoms with E-state index in [1.807, 2.05) is 0 Å². The zero-order valence-corrected chi connectivity index (χ0v) is 10.8. The van der Waals surface area contributed by atoms with Gasteiger partial charge in [-0.15, -0.1) is 0 Å². The first-order chi connectivity index (χ1) is 10.0. The molecule has 0 fully saturated rings. The largest absolute Gasteiger partial charge is 0.480 e. The van der Waals surface area contributed by atoms with E-state index >= 15 is 0 Å². The highest BCUT2D eigenvalue weighted by Crippen LogP contribution is 2.34. The molecule has 1 aromatic carbocycles. The summed E-state index contributed by atoms with van der Waals surface area (Å²) in [5.74, 6) is -0.646. The molecule has 9 heteroatoms. The molecule has 0 aromatic heterocycles. The van der Waals surface area contributed by atoms with Gasteiger partial charge in [0.1, 0.15) is 6.54 Å². The quantitative estimate of drug-likeness (QED) is 0.593. The Morgan fingerprint density at radius 2 is 1.86 bits per heavy atom. The fourth-order valence-electron chi connectivity index (χ4n) is 1.55. The molecular formula is C12H13N3O6. The van der Waals surface area contributed by atoms with E-state index in [-0.39, 0.29) is 13.3 Å². The van der Waals surface area contributed by atoms with E-state index < -0.39 is 24.5 Å². The van der Waals surface area contributed by atoms with Crippen molar-refractivity contribution in [1.29, 1.82) is 0 Å². The summed E-state index contributed by atoms with van der Waals surface area (Å²) in [5.41, 5.74) is 0.475. The predicted molar refractivity (Wildman–Crippen MR) is 70.2 cm³/mol. The molecule has 1 aliphatic rings. The van der Waals surface area contributed by atoms with Gasteiger partial charge in [-0.1, -0.05) is 0 Å². The summed E-state index contributed by atoms with van der Waals surface area (Å²) in [4.78, 5) is 33.0. The number of carbonyl (C=O) groups excluding carboxylic acids is 2. The smallest absolute Gasteiger partial charge is 0.322 e. The number of hydrogen-bond acceptors (Lipinski definition) is 5. The number of carboxylic acid groups (broad SMARTS) is 1. The van der Waals surface area contributed by atoms with Crippen molar-refractivity contribution >= 4 is 23.6 Å². The van der Waals surface area contributed by atoms with Gasteiger partial charge in [-0.05, 0) is 12.1 Å². The standard InChI is InChI=1S/C12H13N3O6/c16-10(13-5-11(17)18)4-14-12(19)15-7-1-2-8-9(3-7)21-6-20-8/h1-3H,4-6H2,(H,13,16)(H,17,18)(H2,14,15,19). The normalized spacial score (nSPS) is 11.6. The van der Waals surface area contributed by atoms with Crippen LogP contribution in [0, 0.1) is 0 Å². The number of fused-ring (bicyclic) bond motifs is 1. The van der Waals surface area contributed by atoms with Crippen molar-refractivity contribution in [2.75, 3.05) is 25.2 Å². The van der Waals surface area contributed by atoms with E-state index in [0.717, 1.165) is 0 Å². The Bertz CT molecular complexity index is 574. The molecule has 0 saturated carbocycles. The average molecular weight is 295 g/mol. The van der Waals surface area contributed by atoms with Crippen molar-refractivity contribution in [1.82, 2.24) is 10.6 Å². The summed E-state index contributed by atoms with van der Waals surface area (Å²) in [6.45, 7) is -0.692. The van der Waals surface area contributed by atoms with Crippen molar-refractivity contribution in [3.8, 4) is 11.5 Å². The van der Waals surface area contributed by atoms with Crippen LogP contribution in [0.5, 0.6) is 11.5 Å². The Hall–Kier alpha value is -2.97. The first-order valence-corrected chi connectivity index (χ1v) is 5.97. The molecule has 0 radical (unpaired) electrons. The molecule has 1 aliphatic heterocycles. The fourth-order valence-corrected chi connectivity index (χ4v) is 1.55. The molecule has 21 heavy (non-hydrogen) atoms. The van der Waals surface area contributed by atoms with E-state index in [1.54, 1.807) is 18.2 Å². The topological polar surface area (TPSA) is 126 Å². The van der Waals surface area contributed by atoms with Gasteiger partial charge >= 0.3 is 12.0 Å². The first kappa shape index (κ1) is 14.4. The van der Waals surface area contributed by atoms with Crippen LogP contribution in [-0.2, 0) is 9.59 Å². The van der Waals surface area contributed by atoms with Gasteiger partial charge in [0.15, 0.2) is 11.5 Å². The molecule has 0 unspecified atom stereocenters. The van der Waals surface area contributed by atoms with Crippen molar-refractivity contribution < 1.29 is 29.0 Å². The number of carbonyl (C=O) groups is 3. The third-order valence-corrected chi connectivity index (χ3v) is 2.48. The van der Waals surface area contributed by atoms with Crippen molar-refractivity contribution in [3.05, 3.63) is 18.2 Å². The molecule has 0 saturated heterocycles. The number of amides is 3. The number of nitrogens with one attached hydrogen (secondary N) is 3. The third kappa shape index (κ3) is 4.27. The van der Waals surface area contributed by atoms with Crippen LogP contribution in [0.3, 0.4) is 0 Å². The second-order valence-corrected chi connectivity index (χ2v) is 4.05. The maximum Gasteiger partial charge on any atom is 0.322 e. The van der Waals surface area contributed by atoms with Crippen molar-refractivity contribution in [3.63, 3.8) is 0 Å². The Kier molecular flexibility index (Phi) is 4.44. The molecule has 0 aliphatic carbocycles. The number of carboxylic acids is 1. The first-order valence-electron chi connectivity index (χ1n) is 5.97. The van der Waals surface area contributed by atoms with Crippen LogP contribution in [-0.4, -0.2) is 42.9 Å².